The molecule has 0 heterocycles. The predicted octanol–water partition coefficient (Wildman–Crippen LogP) is 2.65. The fourth-order valence-corrected chi connectivity index (χ4v) is 3.19. The number of phenols is 1. The molecule has 3 N–H and O–H groups in total. The summed E-state index contributed by atoms with van der Waals surface area (Å²) >= 11 is 0. The van der Waals surface area contributed by atoms with Crippen molar-refractivity contribution >= 4 is 23.9 Å². The van der Waals surface area contributed by atoms with E-state index < -0.39 is 41.6 Å². The first-order valence-corrected chi connectivity index (χ1v) is 11.4. The number of nitrogens with one attached hydrogen (secondary N) is 2. The Balaban J connectivity index is 3.15. The molecule has 1 aromatic rings. The second-order valence-corrected chi connectivity index (χ2v) is 8.74. The summed E-state index contributed by atoms with van der Waals surface area (Å²) in [6.07, 6.45) is -0.237. The van der Waals surface area contributed by atoms with Crippen LogP contribution in [0, 0.1) is 0 Å². The first kappa shape index (κ1) is 28.7. The molecular formula is C24H37N3O7. The standard InChI is InChI=1S/C24H37N3O7/c1-7-14-27(22(31)16(3)26-23(32)34-24(4,5)6)20(17-10-9-11-18(28)15-17)21(30)25-13-12-19(29)33-8-2/h9-11,15-16,20,28H,7-8,12-14H2,1-6H3,(H,25,30)(H,26,32). The van der Waals surface area contributed by atoms with Crippen LogP contribution in [-0.4, -0.2) is 65.2 Å². The maximum atomic E-state index is 13.3. The zero-order chi connectivity index (χ0) is 25.9. The van der Waals surface area contributed by atoms with E-state index in [-0.39, 0.29) is 31.9 Å². The highest BCUT2D eigenvalue weighted by Gasteiger charge is 2.34. The first-order chi connectivity index (χ1) is 15.9. The quantitative estimate of drug-likeness (QED) is 0.415. The molecule has 0 saturated heterocycles. The smallest absolute Gasteiger partial charge is 0.408 e. The third kappa shape index (κ3) is 9.68. The lowest BCUT2D eigenvalue weighted by Crippen LogP contribution is -2.52. The maximum absolute atomic E-state index is 13.3. The third-order valence-electron chi connectivity index (χ3n) is 4.53. The molecule has 0 saturated carbocycles. The summed E-state index contributed by atoms with van der Waals surface area (Å²) in [5, 5.41) is 15.1. The van der Waals surface area contributed by atoms with Crippen molar-refractivity contribution < 1.29 is 33.8 Å². The van der Waals surface area contributed by atoms with Crippen LogP contribution in [0.5, 0.6) is 5.75 Å². The highest BCUT2D eigenvalue weighted by molar-refractivity contribution is 5.92. The van der Waals surface area contributed by atoms with Gasteiger partial charge >= 0.3 is 12.1 Å². The van der Waals surface area contributed by atoms with Gasteiger partial charge in [-0.05, 0) is 58.7 Å². The summed E-state index contributed by atoms with van der Waals surface area (Å²) in [4.78, 5) is 51.7. The number of hydrogen-bond donors (Lipinski definition) is 3. The van der Waals surface area contributed by atoms with Gasteiger partial charge < -0.3 is 30.1 Å². The van der Waals surface area contributed by atoms with Crippen LogP contribution in [-0.2, 0) is 23.9 Å². The van der Waals surface area contributed by atoms with E-state index in [2.05, 4.69) is 10.6 Å². The van der Waals surface area contributed by atoms with Gasteiger partial charge in [0.2, 0.25) is 11.8 Å². The Kier molecular flexibility index (Phi) is 11.3. The summed E-state index contributed by atoms with van der Waals surface area (Å²) in [5.74, 6) is -1.54. The van der Waals surface area contributed by atoms with Crippen LogP contribution in [0.4, 0.5) is 4.79 Å². The normalized spacial score (nSPS) is 12.8. The minimum atomic E-state index is -1.09. The molecule has 2 unspecified atom stereocenters. The number of nitrogens with zero attached hydrogens (tertiary/aromatic N) is 1. The molecule has 3 amide bonds. The van der Waals surface area contributed by atoms with Gasteiger partial charge in [0.1, 0.15) is 23.4 Å². The molecule has 1 rings (SSSR count). The van der Waals surface area contributed by atoms with Crippen molar-refractivity contribution in [1.82, 2.24) is 15.5 Å². The van der Waals surface area contributed by atoms with E-state index in [1.165, 1.54) is 24.0 Å². The number of aromatic hydroxyl groups is 1. The lowest BCUT2D eigenvalue weighted by molar-refractivity contribution is -0.144. The van der Waals surface area contributed by atoms with Crippen molar-refractivity contribution in [2.75, 3.05) is 19.7 Å². The summed E-state index contributed by atoms with van der Waals surface area (Å²) in [6.45, 7) is 10.6. The molecule has 10 heteroatoms. The van der Waals surface area contributed by atoms with Gasteiger partial charge in [-0.15, -0.1) is 0 Å². The van der Waals surface area contributed by atoms with E-state index in [4.69, 9.17) is 9.47 Å². The maximum Gasteiger partial charge on any atom is 0.408 e. The Morgan fingerprint density at radius 1 is 1.15 bits per heavy atom. The van der Waals surface area contributed by atoms with E-state index in [0.29, 0.717) is 12.0 Å². The Labute approximate surface area is 201 Å². The fraction of sp³-hybridized carbons (Fsp3) is 0.583. The van der Waals surface area contributed by atoms with Crippen LogP contribution in [0.1, 0.15) is 66.0 Å². The average Bonchev–Trinajstić information content (AvgIpc) is 2.71. The number of ether oxygens (including phenoxy) is 2. The molecule has 0 aliphatic heterocycles. The number of carbonyl (C=O) groups is 4. The van der Waals surface area contributed by atoms with Gasteiger partial charge in [-0.1, -0.05) is 19.1 Å². The van der Waals surface area contributed by atoms with Crippen molar-refractivity contribution in [3.8, 4) is 5.75 Å². The summed E-state index contributed by atoms with van der Waals surface area (Å²) < 4.78 is 10.1. The largest absolute Gasteiger partial charge is 0.508 e. The number of hydrogen-bond acceptors (Lipinski definition) is 7. The molecule has 0 aromatic heterocycles. The number of phenolic OH excluding ortho intramolecular Hbond substituents is 1. The molecule has 2 atom stereocenters. The molecule has 0 spiro atoms. The number of rotatable bonds is 11. The highest BCUT2D eigenvalue weighted by Crippen LogP contribution is 2.25. The number of alkyl carbamates (subject to hydrolysis) is 1. The zero-order valence-corrected chi connectivity index (χ0v) is 20.8. The molecule has 34 heavy (non-hydrogen) atoms. The van der Waals surface area contributed by atoms with Gasteiger partial charge in [-0.2, -0.15) is 0 Å². The van der Waals surface area contributed by atoms with Crippen molar-refractivity contribution in [1.29, 1.82) is 0 Å². The van der Waals surface area contributed by atoms with E-state index in [1.807, 2.05) is 6.92 Å². The lowest BCUT2D eigenvalue weighted by atomic mass is 10.0. The van der Waals surface area contributed by atoms with Crippen molar-refractivity contribution in [3.63, 3.8) is 0 Å². The molecule has 10 nitrogen and oxygen atoms in total. The number of benzene rings is 1. The van der Waals surface area contributed by atoms with Crippen LogP contribution in [0.3, 0.4) is 0 Å². The van der Waals surface area contributed by atoms with Gasteiger partial charge in [0.25, 0.3) is 0 Å². The molecule has 0 aliphatic rings. The van der Waals surface area contributed by atoms with Crippen molar-refractivity contribution in [2.24, 2.45) is 0 Å². The van der Waals surface area contributed by atoms with Gasteiger partial charge in [-0.3, -0.25) is 14.4 Å². The lowest BCUT2D eigenvalue weighted by Gasteiger charge is -2.33. The predicted molar refractivity (Wildman–Crippen MR) is 126 cm³/mol. The minimum absolute atomic E-state index is 0.0207. The molecule has 0 radical (unpaired) electrons. The number of amides is 3. The van der Waals surface area contributed by atoms with E-state index in [1.54, 1.807) is 39.8 Å². The molecule has 0 aliphatic carbocycles. The first-order valence-electron chi connectivity index (χ1n) is 11.4. The number of carbonyl (C=O) groups excluding carboxylic acids is 4. The van der Waals surface area contributed by atoms with E-state index in [9.17, 15) is 24.3 Å². The van der Waals surface area contributed by atoms with Gasteiger partial charge in [0.15, 0.2) is 0 Å². The summed E-state index contributed by atoms with van der Waals surface area (Å²) in [7, 11) is 0. The number of esters is 1. The van der Waals surface area contributed by atoms with Crippen LogP contribution in [0.25, 0.3) is 0 Å². The summed E-state index contributed by atoms with van der Waals surface area (Å²) in [6, 6.07) is 3.98. The van der Waals surface area contributed by atoms with E-state index in [0.717, 1.165) is 0 Å². The average molecular weight is 480 g/mol. The minimum Gasteiger partial charge on any atom is -0.508 e. The van der Waals surface area contributed by atoms with Gasteiger partial charge in [0, 0.05) is 13.1 Å². The topological polar surface area (TPSA) is 134 Å². The third-order valence-corrected chi connectivity index (χ3v) is 4.53. The van der Waals surface area contributed by atoms with E-state index >= 15 is 0 Å². The molecule has 0 fully saturated rings. The summed E-state index contributed by atoms with van der Waals surface area (Å²) in [5.41, 5.74) is -0.348. The second-order valence-electron chi connectivity index (χ2n) is 8.74. The molecule has 1 aromatic carbocycles. The Morgan fingerprint density at radius 3 is 2.38 bits per heavy atom. The highest BCUT2D eigenvalue weighted by atomic mass is 16.6. The van der Waals surface area contributed by atoms with Crippen LogP contribution in [0.2, 0.25) is 0 Å². The second kappa shape index (κ2) is 13.4. The van der Waals surface area contributed by atoms with Crippen LogP contribution >= 0.6 is 0 Å². The van der Waals surface area contributed by atoms with Crippen molar-refractivity contribution in [3.05, 3.63) is 29.8 Å². The zero-order valence-electron chi connectivity index (χ0n) is 20.8. The molecule has 190 valence electrons. The van der Waals surface area contributed by atoms with Crippen molar-refractivity contribution in [2.45, 2.75) is 72.1 Å². The van der Waals surface area contributed by atoms with Crippen LogP contribution < -0.4 is 10.6 Å². The van der Waals surface area contributed by atoms with Gasteiger partial charge in [-0.25, -0.2) is 4.79 Å². The van der Waals surface area contributed by atoms with Crippen LogP contribution in [0.15, 0.2) is 24.3 Å². The monoisotopic (exact) mass is 479 g/mol. The molecular weight excluding hydrogens is 442 g/mol. The Hall–Kier alpha value is -3.30. The SMILES string of the molecule is CCCN(C(=O)C(C)NC(=O)OC(C)(C)C)C(C(=O)NCCC(=O)OCC)c1cccc(O)c1. The fourth-order valence-electron chi connectivity index (χ4n) is 3.19. The van der Waals surface area contributed by atoms with Gasteiger partial charge in [0.05, 0.1) is 13.0 Å². The molecule has 0 bridgehead atoms. The Bertz CT molecular complexity index is 851. The Morgan fingerprint density at radius 2 is 1.82 bits per heavy atom.